The van der Waals surface area contributed by atoms with Crippen LogP contribution in [0.1, 0.15) is 60.7 Å². The van der Waals surface area contributed by atoms with Gasteiger partial charge in [-0.15, -0.1) is 0 Å². The third-order valence-electron chi connectivity index (χ3n) is 6.93. The smallest absolute Gasteiger partial charge is 0.336 e. The number of rotatable bonds is 3. The molecule has 1 aromatic rings. The summed E-state index contributed by atoms with van der Waals surface area (Å²) in [4.78, 5) is 24.2. The first kappa shape index (κ1) is 15.9. The molecule has 0 aromatic carbocycles. The number of fused-ring (bicyclic) bond motifs is 2. The second-order valence-corrected chi connectivity index (χ2v) is 8.35. The molecule has 0 saturated heterocycles. The standard InChI is InChI=1S/C20H27NO3/c1-10-6-17(22)24-12(3)18(10)20(23)21-11(2)19-15-5-4-14-7-13(8-15)9-16(14)19/h6,11,13-16,19H,4-5,7-9H2,1-3H3,(H,21,23)/t11-,13-,14+,15-,16+,19-/m1/s1. The number of hydrogen-bond donors (Lipinski definition) is 1. The minimum Gasteiger partial charge on any atom is -0.427 e. The molecule has 24 heavy (non-hydrogen) atoms. The van der Waals surface area contributed by atoms with Gasteiger partial charge in [-0.1, -0.05) is 0 Å². The van der Waals surface area contributed by atoms with Gasteiger partial charge in [0, 0.05) is 12.1 Å². The average Bonchev–Trinajstić information content (AvgIpc) is 2.68. The van der Waals surface area contributed by atoms with E-state index >= 15 is 0 Å². The molecular weight excluding hydrogens is 302 g/mol. The summed E-state index contributed by atoms with van der Waals surface area (Å²) in [6.45, 7) is 5.66. The zero-order valence-electron chi connectivity index (χ0n) is 14.8. The van der Waals surface area contributed by atoms with E-state index in [2.05, 4.69) is 12.2 Å². The largest absolute Gasteiger partial charge is 0.427 e. The fourth-order valence-corrected chi connectivity index (χ4v) is 6.20. The van der Waals surface area contributed by atoms with Gasteiger partial charge in [0.25, 0.3) is 5.91 Å². The molecule has 0 aliphatic heterocycles. The van der Waals surface area contributed by atoms with Crippen LogP contribution in [-0.4, -0.2) is 11.9 Å². The third kappa shape index (κ3) is 2.51. The second-order valence-electron chi connectivity index (χ2n) is 8.35. The molecule has 3 aliphatic rings. The number of carbonyl (C=O) groups excluding carboxylic acids is 1. The van der Waals surface area contributed by atoms with Gasteiger partial charge in [0.15, 0.2) is 0 Å². The zero-order chi connectivity index (χ0) is 17.0. The molecular formula is C20H27NO3. The van der Waals surface area contributed by atoms with E-state index in [1.807, 2.05) is 0 Å². The number of amides is 1. The van der Waals surface area contributed by atoms with Crippen molar-refractivity contribution in [2.24, 2.45) is 29.6 Å². The van der Waals surface area contributed by atoms with Crippen LogP contribution in [0.5, 0.6) is 0 Å². The fraction of sp³-hybridized carbons (Fsp3) is 0.700. The highest BCUT2D eigenvalue weighted by Gasteiger charge is 2.51. The first-order valence-electron chi connectivity index (χ1n) is 9.36. The topological polar surface area (TPSA) is 59.3 Å². The van der Waals surface area contributed by atoms with Gasteiger partial charge in [-0.2, -0.15) is 0 Å². The van der Waals surface area contributed by atoms with Gasteiger partial charge in [0.1, 0.15) is 5.76 Å². The number of aryl methyl sites for hydroxylation is 2. The van der Waals surface area contributed by atoms with Crippen molar-refractivity contribution in [2.45, 2.75) is 58.9 Å². The van der Waals surface area contributed by atoms with E-state index in [-0.39, 0.29) is 11.9 Å². The van der Waals surface area contributed by atoms with Gasteiger partial charge < -0.3 is 9.73 Å². The molecule has 3 fully saturated rings. The van der Waals surface area contributed by atoms with Crippen molar-refractivity contribution in [2.75, 3.05) is 0 Å². The quantitative estimate of drug-likeness (QED) is 0.924. The van der Waals surface area contributed by atoms with Gasteiger partial charge in [-0.3, -0.25) is 4.79 Å². The molecule has 4 rings (SSSR count). The summed E-state index contributed by atoms with van der Waals surface area (Å²) in [5.74, 6) is 4.33. The van der Waals surface area contributed by atoms with Crippen molar-refractivity contribution >= 4 is 5.91 Å². The minimum absolute atomic E-state index is 0.0998. The Hall–Kier alpha value is -1.58. The normalized spacial score (nSPS) is 35.0. The van der Waals surface area contributed by atoms with E-state index in [4.69, 9.17) is 4.42 Å². The molecule has 0 radical (unpaired) electrons. The van der Waals surface area contributed by atoms with Gasteiger partial charge in [-0.05, 0) is 88.0 Å². The van der Waals surface area contributed by atoms with E-state index in [1.165, 1.54) is 38.2 Å². The summed E-state index contributed by atoms with van der Waals surface area (Å²) in [5, 5.41) is 3.23. The van der Waals surface area contributed by atoms with E-state index in [1.54, 1.807) is 13.8 Å². The van der Waals surface area contributed by atoms with Crippen LogP contribution in [0.2, 0.25) is 0 Å². The minimum atomic E-state index is -0.392. The van der Waals surface area contributed by atoms with E-state index < -0.39 is 5.63 Å². The van der Waals surface area contributed by atoms with Crippen molar-refractivity contribution in [3.05, 3.63) is 33.4 Å². The SMILES string of the molecule is Cc1cc(=O)oc(C)c1C(=O)N[C@H](C)[C@@H]1[C@@H]2CC[C@H]3C[C@H](C2)C[C@@H]31. The van der Waals surface area contributed by atoms with Crippen molar-refractivity contribution < 1.29 is 9.21 Å². The van der Waals surface area contributed by atoms with Crippen molar-refractivity contribution in [3.63, 3.8) is 0 Å². The molecule has 4 nitrogen and oxygen atoms in total. The molecule has 3 aliphatic carbocycles. The lowest BCUT2D eigenvalue weighted by Crippen LogP contribution is -2.48. The fourth-order valence-electron chi connectivity index (χ4n) is 6.20. The van der Waals surface area contributed by atoms with Crippen LogP contribution in [0, 0.1) is 43.4 Å². The second kappa shape index (κ2) is 5.75. The summed E-state index contributed by atoms with van der Waals surface area (Å²) in [7, 11) is 0. The molecule has 0 spiro atoms. The van der Waals surface area contributed by atoms with Gasteiger partial charge in [0.05, 0.1) is 5.56 Å². The molecule has 130 valence electrons. The first-order chi connectivity index (χ1) is 11.4. The third-order valence-corrected chi connectivity index (χ3v) is 6.93. The van der Waals surface area contributed by atoms with Gasteiger partial charge >= 0.3 is 5.63 Å². The average molecular weight is 329 g/mol. The molecule has 6 atom stereocenters. The highest BCUT2D eigenvalue weighted by Crippen LogP contribution is 2.58. The Kier molecular flexibility index (Phi) is 3.81. The number of hydrogen-bond acceptors (Lipinski definition) is 3. The van der Waals surface area contributed by atoms with Crippen LogP contribution in [0.3, 0.4) is 0 Å². The molecule has 3 bridgehead atoms. The Morgan fingerprint density at radius 1 is 1.21 bits per heavy atom. The summed E-state index contributed by atoms with van der Waals surface area (Å²) in [6, 6.07) is 1.58. The highest BCUT2D eigenvalue weighted by atomic mass is 16.4. The predicted molar refractivity (Wildman–Crippen MR) is 91.9 cm³/mol. The molecule has 0 unspecified atom stereocenters. The highest BCUT2D eigenvalue weighted by molar-refractivity contribution is 5.96. The lowest BCUT2D eigenvalue weighted by Gasteiger charge is -2.45. The Labute approximate surface area is 143 Å². The van der Waals surface area contributed by atoms with Crippen LogP contribution in [0.4, 0.5) is 0 Å². The Balaban J connectivity index is 1.53. The monoisotopic (exact) mass is 329 g/mol. The predicted octanol–water partition coefficient (Wildman–Crippen LogP) is 3.45. The summed E-state index contributed by atoms with van der Waals surface area (Å²) in [6.07, 6.45) is 6.87. The van der Waals surface area contributed by atoms with E-state index in [0.717, 1.165) is 23.7 Å². The molecule has 4 heteroatoms. The molecule has 1 N–H and O–H groups in total. The maximum absolute atomic E-state index is 12.8. The molecule has 1 amide bonds. The summed E-state index contributed by atoms with van der Waals surface area (Å²) < 4.78 is 5.12. The van der Waals surface area contributed by atoms with E-state index in [9.17, 15) is 9.59 Å². The molecule has 3 saturated carbocycles. The summed E-state index contributed by atoms with van der Waals surface area (Å²) >= 11 is 0. The van der Waals surface area contributed by atoms with Crippen molar-refractivity contribution in [1.29, 1.82) is 0 Å². The van der Waals surface area contributed by atoms with Crippen LogP contribution < -0.4 is 10.9 Å². The lowest BCUT2D eigenvalue weighted by atomic mass is 9.62. The summed E-state index contributed by atoms with van der Waals surface area (Å²) in [5.41, 5.74) is 0.822. The lowest BCUT2D eigenvalue weighted by molar-refractivity contribution is 0.0518. The maximum atomic E-state index is 12.8. The number of nitrogens with one attached hydrogen (secondary N) is 1. The van der Waals surface area contributed by atoms with E-state index in [0.29, 0.717) is 22.8 Å². The Bertz CT molecular complexity index is 696. The van der Waals surface area contributed by atoms with Crippen molar-refractivity contribution in [3.8, 4) is 0 Å². The van der Waals surface area contributed by atoms with Crippen LogP contribution in [0.15, 0.2) is 15.3 Å². The first-order valence-corrected chi connectivity index (χ1v) is 9.36. The molecule has 1 heterocycles. The Morgan fingerprint density at radius 3 is 2.67 bits per heavy atom. The van der Waals surface area contributed by atoms with Crippen LogP contribution in [-0.2, 0) is 0 Å². The van der Waals surface area contributed by atoms with Crippen LogP contribution >= 0.6 is 0 Å². The Morgan fingerprint density at radius 2 is 1.92 bits per heavy atom. The molecule has 1 aromatic heterocycles. The maximum Gasteiger partial charge on any atom is 0.336 e. The van der Waals surface area contributed by atoms with Gasteiger partial charge in [0.2, 0.25) is 0 Å². The van der Waals surface area contributed by atoms with Crippen LogP contribution in [0.25, 0.3) is 0 Å². The number of carbonyl (C=O) groups is 1. The van der Waals surface area contributed by atoms with Crippen molar-refractivity contribution in [1.82, 2.24) is 5.32 Å². The zero-order valence-corrected chi connectivity index (χ0v) is 14.8. The van der Waals surface area contributed by atoms with Gasteiger partial charge in [-0.25, -0.2) is 4.79 Å².